The van der Waals surface area contributed by atoms with E-state index in [9.17, 15) is 4.79 Å². The topological polar surface area (TPSA) is 59.6 Å². The van der Waals surface area contributed by atoms with Crippen molar-refractivity contribution < 1.29 is 14.3 Å². The number of hydrogen-bond acceptors (Lipinski definition) is 4. The summed E-state index contributed by atoms with van der Waals surface area (Å²) in [4.78, 5) is 11.1. The normalized spacial score (nSPS) is 10.5. The molecule has 0 aliphatic rings. The van der Waals surface area contributed by atoms with Crippen LogP contribution in [-0.2, 0) is 17.9 Å². The van der Waals surface area contributed by atoms with Crippen molar-refractivity contribution in [1.82, 2.24) is 0 Å². The highest BCUT2D eigenvalue weighted by Gasteiger charge is 2.13. The lowest BCUT2D eigenvalue weighted by Gasteiger charge is -2.16. The van der Waals surface area contributed by atoms with Crippen molar-refractivity contribution in [2.75, 3.05) is 17.2 Å². The van der Waals surface area contributed by atoms with Crippen molar-refractivity contribution in [3.8, 4) is 11.5 Å². The fourth-order valence-electron chi connectivity index (χ4n) is 2.96. The van der Waals surface area contributed by atoms with Gasteiger partial charge in [-0.05, 0) is 55.0 Å². The average Bonchev–Trinajstić information content (AvgIpc) is 2.74. The van der Waals surface area contributed by atoms with Crippen LogP contribution >= 0.6 is 34.8 Å². The van der Waals surface area contributed by atoms with E-state index in [1.807, 2.05) is 43.3 Å². The summed E-state index contributed by atoms with van der Waals surface area (Å²) in [6.07, 6.45) is 0. The lowest BCUT2D eigenvalue weighted by Crippen LogP contribution is -2.06. The van der Waals surface area contributed by atoms with Gasteiger partial charge in [0.1, 0.15) is 6.61 Å². The molecular formula is C24H23Cl3N2O3. The first kappa shape index (κ1) is 24.1. The number of rotatable bonds is 9. The molecular weight excluding hydrogens is 471 g/mol. The van der Waals surface area contributed by atoms with Crippen LogP contribution < -0.4 is 20.1 Å². The van der Waals surface area contributed by atoms with Crippen LogP contribution in [0.1, 0.15) is 25.0 Å². The van der Waals surface area contributed by atoms with E-state index in [0.717, 1.165) is 22.5 Å². The van der Waals surface area contributed by atoms with E-state index in [1.54, 1.807) is 18.2 Å². The summed E-state index contributed by atoms with van der Waals surface area (Å²) < 4.78 is 11.7. The van der Waals surface area contributed by atoms with Gasteiger partial charge in [0, 0.05) is 51.5 Å². The largest absolute Gasteiger partial charge is 0.490 e. The van der Waals surface area contributed by atoms with Crippen LogP contribution in [0.5, 0.6) is 11.5 Å². The monoisotopic (exact) mass is 492 g/mol. The zero-order chi connectivity index (χ0) is 23.1. The molecule has 0 fully saturated rings. The molecule has 0 aliphatic carbocycles. The van der Waals surface area contributed by atoms with Gasteiger partial charge in [-0.25, -0.2) is 0 Å². The quantitative estimate of drug-likeness (QED) is 0.331. The minimum atomic E-state index is -0.110. The first-order valence-electron chi connectivity index (χ1n) is 9.99. The summed E-state index contributed by atoms with van der Waals surface area (Å²) in [6, 6.07) is 16.3. The standard InChI is InChI=1S/C24H23Cl3N2O3/c1-3-31-23-10-17(13-28-19-6-8-20(9-7-19)29-15(2)30)22(27)12-24(23)32-14-16-4-5-18(25)11-21(16)26/h4-12,28H,3,13-14H2,1-2H3,(H,29,30). The third-order valence-electron chi connectivity index (χ3n) is 4.50. The predicted octanol–water partition coefficient (Wildman–Crippen LogP) is 7.20. The highest BCUT2D eigenvalue weighted by atomic mass is 35.5. The molecule has 32 heavy (non-hydrogen) atoms. The van der Waals surface area contributed by atoms with Crippen LogP contribution in [0.15, 0.2) is 54.6 Å². The fraction of sp³-hybridized carbons (Fsp3) is 0.208. The van der Waals surface area contributed by atoms with Crippen LogP contribution in [0.4, 0.5) is 11.4 Å². The number of carbonyl (C=O) groups is 1. The molecule has 0 aliphatic heterocycles. The summed E-state index contributed by atoms with van der Waals surface area (Å²) in [5.41, 5.74) is 3.30. The maximum atomic E-state index is 11.1. The predicted molar refractivity (Wildman–Crippen MR) is 131 cm³/mol. The van der Waals surface area contributed by atoms with E-state index in [2.05, 4.69) is 10.6 Å². The van der Waals surface area contributed by atoms with E-state index < -0.39 is 0 Å². The molecule has 5 nitrogen and oxygen atoms in total. The summed E-state index contributed by atoms with van der Waals surface area (Å²) in [7, 11) is 0. The Morgan fingerprint density at radius 1 is 0.844 bits per heavy atom. The molecule has 0 bridgehead atoms. The highest BCUT2D eigenvalue weighted by Crippen LogP contribution is 2.35. The van der Waals surface area contributed by atoms with E-state index in [-0.39, 0.29) is 12.5 Å². The molecule has 3 rings (SSSR count). The molecule has 0 unspecified atom stereocenters. The maximum Gasteiger partial charge on any atom is 0.221 e. The Kier molecular flexibility index (Phi) is 8.51. The lowest BCUT2D eigenvalue weighted by atomic mass is 10.2. The summed E-state index contributed by atoms with van der Waals surface area (Å²) in [5, 5.41) is 7.71. The van der Waals surface area contributed by atoms with Crippen LogP contribution in [0, 0.1) is 0 Å². The van der Waals surface area contributed by atoms with Gasteiger partial charge >= 0.3 is 0 Å². The maximum absolute atomic E-state index is 11.1. The molecule has 1 amide bonds. The van der Waals surface area contributed by atoms with Gasteiger partial charge in [0.05, 0.1) is 6.61 Å². The molecule has 2 N–H and O–H groups in total. The third kappa shape index (κ3) is 6.70. The molecule has 8 heteroatoms. The summed E-state index contributed by atoms with van der Waals surface area (Å²) >= 11 is 18.7. The van der Waals surface area contributed by atoms with Gasteiger partial charge in [0.15, 0.2) is 11.5 Å². The lowest BCUT2D eigenvalue weighted by molar-refractivity contribution is -0.114. The smallest absolute Gasteiger partial charge is 0.221 e. The van der Waals surface area contributed by atoms with Gasteiger partial charge in [-0.2, -0.15) is 0 Å². The molecule has 0 saturated carbocycles. The zero-order valence-corrected chi connectivity index (χ0v) is 19.9. The minimum Gasteiger partial charge on any atom is -0.490 e. The molecule has 0 radical (unpaired) electrons. The van der Waals surface area contributed by atoms with Gasteiger partial charge in [-0.1, -0.05) is 40.9 Å². The first-order valence-corrected chi connectivity index (χ1v) is 11.1. The van der Waals surface area contributed by atoms with E-state index in [4.69, 9.17) is 44.3 Å². The van der Waals surface area contributed by atoms with Gasteiger partial charge in [0.2, 0.25) is 5.91 Å². The Labute approximate surface area is 202 Å². The van der Waals surface area contributed by atoms with Gasteiger partial charge in [-0.15, -0.1) is 0 Å². The molecule has 0 atom stereocenters. The number of amides is 1. The number of anilines is 2. The Morgan fingerprint density at radius 3 is 2.16 bits per heavy atom. The molecule has 0 spiro atoms. The zero-order valence-electron chi connectivity index (χ0n) is 17.7. The molecule has 0 aromatic heterocycles. The first-order chi connectivity index (χ1) is 15.4. The molecule has 3 aromatic rings. The SMILES string of the molecule is CCOc1cc(CNc2ccc(NC(C)=O)cc2)c(Cl)cc1OCc1ccc(Cl)cc1Cl. The van der Waals surface area contributed by atoms with E-state index >= 15 is 0 Å². The van der Waals surface area contributed by atoms with Crippen molar-refractivity contribution in [3.05, 3.63) is 80.8 Å². The van der Waals surface area contributed by atoms with Crippen LogP contribution in [0.2, 0.25) is 15.1 Å². The van der Waals surface area contributed by atoms with E-state index in [1.165, 1.54) is 6.92 Å². The summed E-state index contributed by atoms with van der Waals surface area (Å²) in [5.74, 6) is 1.02. The van der Waals surface area contributed by atoms with Crippen molar-refractivity contribution in [2.24, 2.45) is 0 Å². The Bertz CT molecular complexity index is 1090. The van der Waals surface area contributed by atoms with Crippen molar-refractivity contribution in [3.63, 3.8) is 0 Å². The third-order valence-corrected chi connectivity index (χ3v) is 5.44. The van der Waals surface area contributed by atoms with Crippen LogP contribution in [0.25, 0.3) is 0 Å². The molecule has 0 saturated heterocycles. The average molecular weight is 494 g/mol. The minimum absolute atomic E-state index is 0.110. The molecule has 0 heterocycles. The number of ether oxygens (including phenoxy) is 2. The Morgan fingerprint density at radius 2 is 1.50 bits per heavy atom. The number of nitrogens with one attached hydrogen (secondary N) is 2. The second kappa shape index (κ2) is 11.3. The van der Waals surface area contributed by atoms with Crippen LogP contribution in [0.3, 0.4) is 0 Å². The molecule has 168 valence electrons. The van der Waals surface area contributed by atoms with E-state index in [0.29, 0.717) is 39.7 Å². The Balaban J connectivity index is 1.70. The van der Waals surface area contributed by atoms with Crippen molar-refractivity contribution in [1.29, 1.82) is 0 Å². The van der Waals surface area contributed by atoms with Crippen molar-refractivity contribution in [2.45, 2.75) is 27.0 Å². The Hall–Kier alpha value is -2.60. The number of halogens is 3. The fourth-order valence-corrected chi connectivity index (χ4v) is 3.64. The van der Waals surface area contributed by atoms with Gasteiger partial charge in [-0.3, -0.25) is 4.79 Å². The summed E-state index contributed by atoms with van der Waals surface area (Å²) in [6.45, 7) is 4.61. The second-order valence-corrected chi connectivity index (χ2v) is 8.21. The van der Waals surface area contributed by atoms with Gasteiger partial charge < -0.3 is 20.1 Å². The number of carbonyl (C=O) groups excluding carboxylic acids is 1. The number of hydrogen-bond donors (Lipinski definition) is 2. The number of benzene rings is 3. The highest BCUT2D eigenvalue weighted by molar-refractivity contribution is 6.35. The second-order valence-electron chi connectivity index (χ2n) is 6.96. The van der Waals surface area contributed by atoms with Crippen LogP contribution in [-0.4, -0.2) is 12.5 Å². The van der Waals surface area contributed by atoms with Crippen molar-refractivity contribution >= 4 is 52.1 Å². The molecule has 3 aromatic carbocycles. The van der Waals surface area contributed by atoms with Gasteiger partial charge in [0.25, 0.3) is 0 Å².